The van der Waals surface area contributed by atoms with Gasteiger partial charge >= 0.3 is 0 Å². The molecule has 1 aromatic heterocycles. The van der Waals surface area contributed by atoms with Crippen LogP contribution in [0.15, 0.2) is 57.8 Å². The number of halogens is 1. The molecule has 0 atom stereocenters. The molecule has 5 heteroatoms. The largest absolute Gasteiger partial charge is 0.423 e. The minimum Gasteiger partial charge on any atom is -0.423 e. The van der Waals surface area contributed by atoms with Gasteiger partial charge in [0.1, 0.15) is 0 Å². The molecule has 1 N–H and O–H groups in total. The predicted molar refractivity (Wildman–Crippen MR) is 86.3 cm³/mol. The second-order valence-corrected chi connectivity index (χ2v) is 5.40. The van der Waals surface area contributed by atoms with Gasteiger partial charge in [-0.2, -0.15) is 0 Å². The predicted octanol–water partition coefficient (Wildman–Crippen LogP) is 3.57. The lowest BCUT2D eigenvalue weighted by molar-refractivity contribution is 0.171. The van der Waals surface area contributed by atoms with Crippen LogP contribution in [0.1, 0.15) is 11.4 Å². The zero-order valence-corrected chi connectivity index (χ0v) is 12.5. The molecule has 0 spiro atoms. The van der Waals surface area contributed by atoms with Crippen LogP contribution in [0.5, 0.6) is 0 Å². The fourth-order valence-electron chi connectivity index (χ4n) is 1.99. The summed E-state index contributed by atoms with van der Waals surface area (Å²) in [5, 5.41) is 10.3. The highest BCUT2D eigenvalue weighted by Crippen LogP contribution is 2.13. The summed E-state index contributed by atoms with van der Waals surface area (Å²) in [7, 11) is 0. The maximum absolute atomic E-state index is 12.0. The minimum atomic E-state index is -0.476. The third-order valence-electron chi connectivity index (χ3n) is 3.07. The molecule has 104 valence electrons. The Bertz CT molecular complexity index is 883. The molecule has 2 aromatic carbocycles. The van der Waals surface area contributed by atoms with Crippen LogP contribution in [0.25, 0.3) is 23.1 Å². The van der Waals surface area contributed by atoms with Gasteiger partial charge in [-0.15, -0.1) is 4.73 Å². The summed E-state index contributed by atoms with van der Waals surface area (Å²) < 4.78 is 1.56. The molecule has 0 aliphatic heterocycles. The van der Waals surface area contributed by atoms with Gasteiger partial charge in [0.25, 0.3) is 5.56 Å². The molecule has 3 aromatic rings. The molecule has 21 heavy (non-hydrogen) atoms. The SMILES string of the molecule is O=c1c2ccccc2nc(/C=C/c2ccc(Br)cc2)n1O. The number of nitrogens with zero attached hydrogens (tertiary/aromatic N) is 2. The topological polar surface area (TPSA) is 55.1 Å². The minimum absolute atomic E-state index is 0.196. The van der Waals surface area contributed by atoms with Crippen molar-refractivity contribution in [2.24, 2.45) is 0 Å². The van der Waals surface area contributed by atoms with Gasteiger partial charge < -0.3 is 5.21 Å². The van der Waals surface area contributed by atoms with Crippen molar-refractivity contribution in [3.63, 3.8) is 0 Å². The van der Waals surface area contributed by atoms with Crippen LogP contribution >= 0.6 is 15.9 Å². The smallest absolute Gasteiger partial charge is 0.294 e. The number of hydrogen-bond donors (Lipinski definition) is 1. The van der Waals surface area contributed by atoms with E-state index in [0.717, 1.165) is 10.0 Å². The van der Waals surface area contributed by atoms with E-state index in [2.05, 4.69) is 20.9 Å². The lowest BCUT2D eigenvalue weighted by atomic mass is 10.2. The van der Waals surface area contributed by atoms with E-state index in [1.165, 1.54) is 0 Å². The fourth-order valence-corrected chi connectivity index (χ4v) is 2.26. The van der Waals surface area contributed by atoms with E-state index in [9.17, 15) is 10.0 Å². The Labute approximate surface area is 129 Å². The van der Waals surface area contributed by atoms with Crippen molar-refractivity contribution in [2.75, 3.05) is 0 Å². The van der Waals surface area contributed by atoms with Gasteiger partial charge in [0.05, 0.1) is 10.9 Å². The summed E-state index contributed by atoms with van der Waals surface area (Å²) in [5.74, 6) is 0.196. The third kappa shape index (κ3) is 2.73. The highest BCUT2D eigenvalue weighted by Gasteiger charge is 2.07. The summed E-state index contributed by atoms with van der Waals surface area (Å²) in [4.78, 5) is 16.3. The molecule has 0 amide bonds. The van der Waals surface area contributed by atoms with Gasteiger partial charge in [0.15, 0.2) is 5.82 Å². The van der Waals surface area contributed by atoms with Gasteiger partial charge in [-0.25, -0.2) is 4.98 Å². The van der Waals surface area contributed by atoms with Crippen LogP contribution in [0, 0.1) is 0 Å². The van der Waals surface area contributed by atoms with Crippen LogP contribution in [0.4, 0.5) is 0 Å². The molecule has 0 aliphatic rings. The van der Waals surface area contributed by atoms with E-state index in [1.54, 1.807) is 36.4 Å². The summed E-state index contributed by atoms with van der Waals surface area (Å²) >= 11 is 3.37. The first-order chi connectivity index (χ1) is 10.1. The van der Waals surface area contributed by atoms with Gasteiger partial charge in [-0.05, 0) is 35.9 Å². The van der Waals surface area contributed by atoms with Crippen molar-refractivity contribution in [1.29, 1.82) is 0 Å². The molecule has 0 aliphatic carbocycles. The molecular weight excluding hydrogens is 332 g/mol. The standard InChI is InChI=1S/C16H11BrN2O2/c17-12-8-5-11(6-9-12)7-10-15-18-14-4-2-1-3-13(14)16(20)19(15)21/h1-10,21H/b10-7+. The van der Waals surface area contributed by atoms with E-state index >= 15 is 0 Å². The Kier molecular flexibility index (Phi) is 3.58. The molecule has 0 fully saturated rings. The van der Waals surface area contributed by atoms with E-state index in [4.69, 9.17) is 0 Å². The lowest BCUT2D eigenvalue weighted by Gasteiger charge is -2.03. The van der Waals surface area contributed by atoms with Crippen LogP contribution in [-0.2, 0) is 0 Å². The molecule has 0 bridgehead atoms. The summed E-state index contributed by atoms with van der Waals surface area (Å²) in [5.41, 5.74) is 1.03. The number of para-hydroxylation sites is 1. The molecular formula is C16H11BrN2O2. The second kappa shape index (κ2) is 5.54. The van der Waals surface area contributed by atoms with Crippen LogP contribution in [0.2, 0.25) is 0 Å². The number of aromatic nitrogens is 2. The first-order valence-electron chi connectivity index (χ1n) is 6.30. The van der Waals surface area contributed by atoms with Crippen LogP contribution < -0.4 is 5.56 Å². The monoisotopic (exact) mass is 342 g/mol. The van der Waals surface area contributed by atoms with E-state index in [0.29, 0.717) is 15.6 Å². The average molecular weight is 343 g/mol. The first kappa shape index (κ1) is 13.6. The van der Waals surface area contributed by atoms with Crippen LogP contribution in [-0.4, -0.2) is 14.9 Å². The number of fused-ring (bicyclic) bond motifs is 1. The number of hydrogen-bond acceptors (Lipinski definition) is 3. The molecule has 0 saturated carbocycles. The summed E-state index contributed by atoms with van der Waals surface area (Å²) in [6.07, 6.45) is 3.40. The molecule has 0 radical (unpaired) electrons. The molecule has 3 rings (SSSR count). The number of benzene rings is 2. The van der Waals surface area contributed by atoms with Gasteiger partial charge in [0, 0.05) is 4.47 Å². The highest BCUT2D eigenvalue weighted by molar-refractivity contribution is 9.10. The van der Waals surface area contributed by atoms with Gasteiger partial charge in [-0.1, -0.05) is 46.3 Å². The highest BCUT2D eigenvalue weighted by atomic mass is 79.9. The second-order valence-electron chi connectivity index (χ2n) is 4.49. The molecule has 0 saturated heterocycles. The maximum Gasteiger partial charge on any atom is 0.294 e. The Morgan fingerprint density at radius 3 is 2.52 bits per heavy atom. The Morgan fingerprint density at radius 1 is 1.05 bits per heavy atom. The van der Waals surface area contributed by atoms with Crippen molar-refractivity contribution < 1.29 is 5.21 Å². The van der Waals surface area contributed by atoms with Crippen molar-refractivity contribution in [3.8, 4) is 0 Å². The summed E-state index contributed by atoms with van der Waals surface area (Å²) in [6.45, 7) is 0. The van der Waals surface area contributed by atoms with Crippen LogP contribution in [0.3, 0.4) is 0 Å². The van der Waals surface area contributed by atoms with Gasteiger partial charge in [0.2, 0.25) is 0 Å². The Balaban J connectivity index is 2.06. The molecule has 0 unspecified atom stereocenters. The van der Waals surface area contributed by atoms with Gasteiger partial charge in [-0.3, -0.25) is 4.79 Å². The maximum atomic E-state index is 12.0. The number of rotatable bonds is 2. The van der Waals surface area contributed by atoms with E-state index in [-0.39, 0.29) is 5.82 Å². The van der Waals surface area contributed by atoms with E-state index in [1.807, 2.05) is 24.3 Å². The Hall–Kier alpha value is -2.40. The van der Waals surface area contributed by atoms with E-state index < -0.39 is 5.56 Å². The normalized spacial score (nSPS) is 11.3. The zero-order valence-electron chi connectivity index (χ0n) is 10.9. The van der Waals surface area contributed by atoms with Crippen molar-refractivity contribution in [3.05, 3.63) is 74.7 Å². The molecule has 1 heterocycles. The molecule has 4 nitrogen and oxygen atoms in total. The third-order valence-corrected chi connectivity index (χ3v) is 3.60. The quantitative estimate of drug-likeness (QED) is 0.724. The van der Waals surface area contributed by atoms with Crippen molar-refractivity contribution in [1.82, 2.24) is 9.71 Å². The zero-order chi connectivity index (χ0) is 14.8. The van der Waals surface area contributed by atoms with Crippen molar-refractivity contribution in [2.45, 2.75) is 0 Å². The first-order valence-corrected chi connectivity index (χ1v) is 7.09. The Morgan fingerprint density at radius 2 is 1.76 bits per heavy atom. The summed E-state index contributed by atoms with van der Waals surface area (Å²) in [6, 6.07) is 14.6. The fraction of sp³-hybridized carbons (Fsp3) is 0. The van der Waals surface area contributed by atoms with Crippen molar-refractivity contribution >= 4 is 39.0 Å². The lowest BCUT2D eigenvalue weighted by Crippen LogP contribution is -2.21. The average Bonchev–Trinajstić information content (AvgIpc) is 2.51.